The first-order chi connectivity index (χ1) is 6.27. The van der Waals surface area contributed by atoms with Crippen LogP contribution >= 0.6 is 0 Å². The summed E-state index contributed by atoms with van der Waals surface area (Å²) in [5.74, 6) is 2.36. The van der Waals surface area contributed by atoms with E-state index in [1.807, 2.05) is 0 Å². The standard InChI is InChI=1S/C9H9F3N2/c1-4-8(2,3)14-6-7(5-13-14)9(10,11)12/h1,5-6H,2-3H3. The van der Waals surface area contributed by atoms with Gasteiger partial charge in [-0.05, 0) is 13.8 Å². The molecule has 0 spiro atoms. The molecule has 0 saturated carbocycles. The molecule has 5 heteroatoms. The average molecular weight is 202 g/mol. The maximum absolute atomic E-state index is 12.2. The van der Waals surface area contributed by atoms with Gasteiger partial charge in [-0.15, -0.1) is 6.42 Å². The lowest BCUT2D eigenvalue weighted by molar-refractivity contribution is -0.137. The van der Waals surface area contributed by atoms with E-state index in [4.69, 9.17) is 6.42 Å². The second-order valence-electron chi connectivity index (χ2n) is 3.37. The van der Waals surface area contributed by atoms with Gasteiger partial charge < -0.3 is 0 Å². The Bertz CT molecular complexity index is 368. The summed E-state index contributed by atoms with van der Waals surface area (Å²) in [6.45, 7) is 3.22. The number of alkyl halides is 3. The summed E-state index contributed by atoms with van der Waals surface area (Å²) in [7, 11) is 0. The lowest BCUT2D eigenvalue weighted by atomic mass is 10.1. The molecule has 2 nitrogen and oxygen atoms in total. The average Bonchev–Trinajstić information content (AvgIpc) is 2.51. The van der Waals surface area contributed by atoms with Crippen molar-refractivity contribution in [2.24, 2.45) is 0 Å². The van der Waals surface area contributed by atoms with E-state index in [0.717, 1.165) is 17.1 Å². The Morgan fingerprint density at radius 2 is 2.00 bits per heavy atom. The molecule has 0 aliphatic carbocycles. The van der Waals surface area contributed by atoms with Crippen LogP contribution in [0.15, 0.2) is 12.4 Å². The van der Waals surface area contributed by atoms with Crippen molar-refractivity contribution >= 4 is 0 Å². The molecule has 0 radical (unpaired) electrons. The van der Waals surface area contributed by atoms with Crippen LogP contribution in [0.25, 0.3) is 0 Å². The minimum absolute atomic E-state index is 0.763. The summed E-state index contributed by atoms with van der Waals surface area (Å²) in [4.78, 5) is 0. The number of hydrogen-bond acceptors (Lipinski definition) is 1. The molecular weight excluding hydrogens is 193 g/mol. The predicted octanol–water partition coefficient (Wildman–Crippen LogP) is 2.27. The Morgan fingerprint density at radius 1 is 1.43 bits per heavy atom. The van der Waals surface area contributed by atoms with Gasteiger partial charge in [0.25, 0.3) is 0 Å². The summed E-state index contributed by atoms with van der Waals surface area (Å²) in [5.41, 5.74) is -1.63. The van der Waals surface area contributed by atoms with E-state index in [1.165, 1.54) is 0 Å². The minimum Gasteiger partial charge on any atom is -0.255 e. The van der Waals surface area contributed by atoms with E-state index < -0.39 is 17.3 Å². The summed E-state index contributed by atoms with van der Waals surface area (Å²) < 4.78 is 37.7. The maximum atomic E-state index is 12.2. The van der Waals surface area contributed by atoms with Crippen LogP contribution in [-0.4, -0.2) is 9.78 Å². The van der Waals surface area contributed by atoms with Crippen molar-refractivity contribution in [2.75, 3.05) is 0 Å². The van der Waals surface area contributed by atoms with E-state index in [0.29, 0.717) is 0 Å². The smallest absolute Gasteiger partial charge is 0.255 e. The van der Waals surface area contributed by atoms with Crippen LogP contribution in [0.2, 0.25) is 0 Å². The molecule has 1 rings (SSSR count). The second kappa shape index (κ2) is 3.05. The molecule has 0 saturated heterocycles. The highest BCUT2D eigenvalue weighted by Gasteiger charge is 2.33. The molecule has 1 aromatic rings. The van der Waals surface area contributed by atoms with Crippen molar-refractivity contribution in [1.29, 1.82) is 0 Å². The first kappa shape index (κ1) is 10.6. The molecule has 0 bridgehead atoms. The Morgan fingerprint density at radius 3 is 2.36 bits per heavy atom. The topological polar surface area (TPSA) is 17.8 Å². The van der Waals surface area contributed by atoms with Gasteiger partial charge in [-0.3, -0.25) is 4.68 Å². The fraction of sp³-hybridized carbons (Fsp3) is 0.444. The zero-order valence-electron chi connectivity index (χ0n) is 7.76. The number of nitrogens with zero attached hydrogens (tertiary/aromatic N) is 2. The SMILES string of the molecule is C#CC(C)(C)n1cc(C(F)(F)F)cn1. The first-order valence-electron chi connectivity index (χ1n) is 3.87. The molecule has 0 fully saturated rings. The van der Waals surface area contributed by atoms with Gasteiger partial charge in [-0.25, -0.2) is 0 Å². The minimum atomic E-state index is -4.37. The quantitative estimate of drug-likeness (QED) is 0.639. The van der Waals surface area contributed by atoms with Gasteiger partial charge >= 0.3 is 6.18 Å². The number of hydrogen-bond donors (Lipinski definition) is 0. The van der Waals surface area contributed by atoms with E-state index in [2.05, 4.69) is 11.0 Å². The highest BCUT2D eigenvalue weighted by atomic mass is 19.4. The Kier molecular flexibility index (Phi) is 2.32. The molecule has 1 heterocycles. The molecule has 0 unspecified atom stereocenters. The maximum Gasteiger partial charge on any atom is 0.419 e. The van der Waals surface area contributed by atoms with Crippen LogP contribution < -0.4 is 0 Å². The monoisotopic (exact) mass is 202 g/mol. The van der Waals surface area contributed by atoms with Gasteiger partial charge in [-0.1, -0.05) is 5.92 Å². The number of terminal acetylenes is 1. The van der Waals surface area contributed by atoms with Crippen molar-refractivity contribution in [3.8, 4) is 12.3 Å². The Labute approximate surface area is 79.7 Å². The van der Waals surface area contributed by atoms with E-state index in [1.54, 1.807) is 13.8 Å². The summed E-state index contributed by atoms with van der Waals surface area (Å²) in [6, 6.07) is 0. The first-order valence-corrected chi connectivity index (χ1v) is 3.87. The fourth-order valence-corrected chi connectivity index (χ4v) is 0.841. The van der Waals surface area contributed by atoms with E-state index in [9.17, 15) is 13.2 Å². The highest BCUT2D eigenvalue weighted by Crippen LogP contribution is 2.29. The van der Waals surface area contributed by atoms with Gasteiger partial charge in [0.05, 0.1) is 11.8 Å². The van der Waals surface area contributed by atoms with E-state index in [-0.39, 0.29) is 0 Å². The lowest BCUT2D eigenvalue weighted by Gasteiger charge is -2.17. The molecule has 0 aliphatic heterocycles. The van der Waals surface area contributed by atoms with Crippen molar-refractivity contribution in [3.05, 3.63) is 18.0 Å². The Hall–Kier alpha value is -1.44. The van der Waals surface area contributed by atoms with Gasteiger partial charge in [0.1, 0.15) is 5.54 Å². The fourth-order valence-electron chi connectivity index (χ4n) is 0.841. The van der Waals surface area contributed by atoms with Crippen LogP contribution in [0.5, 0.6) is 0 Å². The van der Waals surface area contributed by atoms with Crippen LogP contribution in [0.1, 0.15) is 19.4 Å². The van der Waals surface area contributed by atoms with Crippen molar-refractivity contribution in [3.63, 3.8) is 0 Å². The zero-order chi connectivity index (χ0) is 11.0. The summed E-state index contributed by atoms with van der Waals surface area (Å²) in [6.07, 6.45) is 2.46. The van der Waals surface area contributed by atoms with Crippen LogP contribution in [0.4, 0.5) is 13.2 Å². The van der Waals surface area contributed by atoms with Crippen LogP contribution in [0, 0.1) is 12.3 Å². The molecule has 0 amide bonds. The molecule has 14 heavy (non-hydrogen) atoms. The Balaban J connectivity index is 3.08. The van der Waals surface area contributed by atoms with Gasteiger partial charge in [0.15, 0.2) is 0 Å². The lowest BCUT2D eigenvalue weighted by Crippen LogP contribution is -2.24. The van der Waals surface area contributed by atoms with Gasteiger partial charge in [-0.2, -0.15) is 18.3 Å². The van der Waals surface area contributed by atoms with Crippen LogP contribution in [0.3, 0.4) is 0 Å². The van der Waals surface area contributed by atoms with E-state index >= 15 is 0 Å². The van der Waals surface area contributed by atoms with Crippen molar-refractivity contribution < 1.29 is 13.2 Å². The summed E-state index contributed by atoms with van der Waals surface area (Å²) in [5, 5.41) is 3.58. The third-order valence-electron chi connectivity index (χ3n) is 1.84. The molecular formula is C9H9F3N2. The third-order valence-corrected chi connectivity index (χ3v) is 1.84. The number of aromatic nitrogens is 2. The predicted molar refractivity (Wildman–Crippen MR) is 45.4 cm³/mol. The van der Waals surface area contributed by atoms with Crippen LogP contribution in [-0.2, 0) is 11.7 Å². The molecule has 0 aliphatic rings. The highest BCUT2D eigenvalue weighted by molar-refractivity contribution is 5.13. The van der Waals surface area contributed by atoms with Gasteiger partial charge in [0.2, 0.25) is 0 Å². The van der Waals surface area contributed by atoms with Crippen molar-refractivity contribution in [1.82, 2.24) is 9.78 Å². The molecule has 76 valence electrons. The number of rotatable bonds is 1. The molecule has 1 aromatic heterocycles. The zero-order valence-corrected chi connectivity index (χ0v) is 7.76. The second-order valence-corrected chi connectivity index (χ2v) is 3.37. The van der Waals surface area contributed by atoms with Gasteiger partial charge in [0, 0.05) is 6.20 Å². The largest absolute Gasteiger partial charge is 0.419 e. The third kappa shape index (κ3) is 1.90. The summed E-state index contributed by atoms with van der Waals surface area (Å²) >= 11 is 0. The molecule has 0 N–H and O–H groups in total. The number of halogens is 3. The van der Waals surface area contributed by atoms with Crippen molar-refractivity contribution in [2.45, 2.75) is 25.6 Å². The normalized spacial score (nSPS) is 12.6. The molecule has 0 aromatic carbocycles. The molecule has 0 atom stereocenters.